The lowest BCUT2D eigenvalue weighted by Crippen LogP contribution is -2.27. The quantitative estimate of drug-likeness (QED) is 0.604. The molecule has 2 aromatic rings. The van der Waals surface area contributed by atoms with Gasteiger partial charge in [-0.1, -0.05) is 51.8 Å². The Morgan fingerprint density at radius 3 is 2.68 bits per heavy atom. The van der Waals surface area contributed by atoms with Gasteiger partial charge in [0.15, 0.2) is 0 Å². The average molecular weight is 439 g/mol. The summed E-state index contributed by atoms with van der Waals surface area (Å²) in [5.74, 6) is 0.249. The number of nitrogens with zero attached hydrogens (tertiary/aromatic N) is 1. The number of hydrogen-bond donors (Lipinski definition) is 0. The van der Waals surface area contributed by atoms with Crippen LogP contribution in [-0.4, -0.2) is 23.2 Å². The lowest BCUT2D eigenvalue weighted by Gasteiger charge is -2.13. The maximum absolute atomic E-state index is 12.6. The van der Waals surface area contributed by atoms with E-state index in [4.69, 9.17) is 16.3 Å². The smallest absolute Gasteiger partial charge is 0.293 e. The zero-order chi connectivity index (χ0) is 18.0. The van der Waals surface area contributed by atoms with Crippen molar-refractivity contribution in [1.82, 2.24) is 4.90 Å². The number of imide groups is 1. The van der Waals surface area contributed by atoms with Crippen LogP contribution in [0.5, 0.6) is 5.75 Å². The molecule has 0 unspecified atom stereocenters. The number of ether oxygens (including phenoxy) is 1. The molecule has 7 heteroatoms. The van der Waals surface area contributed by atoms with Gasteiger partial charge in [0.1, 0.15) is 5.75 Å². The normalized spacial score (nSPS) is 16.0. The third kappa shape index (κ3) is 3.92. The van der Waals surface area contributed by atoms with Gasteiger partial charge in [-0.3, -0.25) is 14.5 Å². The van der Waals surface area contributed by atoms with Gasteiger partial charge in [0.05, 0.1) is 23.6 Å². The van der Waals surface area contributed by atoms with Crippen molar-refractivity contribution < 1.29 is 14.3 Å². The first-order valence-corrected chi connectivity index (χ1v) is 9.30. The molecular formula is C18H13BrClNO3S. The molecule has 0 N–H and O–H groups in total. The number of carbonyl (C=O) groups excluding carboxylic acids is 2. The Balaban J connectivity index is 1.83. The van der Waals surface area contributed by atoms with E-state index in [1.807, 2.05) is 24.3 Å². The molecule has 1 aliphatic rings. The summed E-state index contributed by atoms with van der Waals surface area (Å²) in [6, 6.07) is 12.7. The summed E-state index contributed by atoms with van der Waals surface area (Å²) in [5.41, 5.74) is 1.61. The molecule has 3 rings (SSSR count). The molecule has 2 aromatic carbocycles. The Morgan fingerprint density at radius 2 is 2.00 bits per heavy atom. The van der Waals surface area contributed by atoms with E-state index in [-0.39, 0.29) is 17.7 Å². The Bertz CT molecular complexity index is 884. The first-order chi connectivity index (χ1) is 12.0. The van der Waals surface area contributed by atoms with Crippen molar-refractivity contribution in [3.63, 3.8) is 0 Å². The molecule has 0 saturated carbocycles. The summed E-state index contributed by atoms with van der Waals surface area (Å²) in [6.45, 7) is 0.229. The van der Waals surface area contributed by atoms with Gasteiger partial charge in [0.25, 0.3) is 11.1 Å². The lowest BCUT2D eigenvalue weighted by molar-refractivity contribution is -0.123. The highest BCUT2D eigenvalue weighted by molar-refractivity contribution is 9.10. The van der Waals surface area contributed by atoms with Crippen molar-refractivity contribution in [3.8, 4) is 5.75 Å². The highest BCUT2D eigenvalue weighted by atomic mass is 79.9. The van der Waals surface area contributed by atoms with Crippen molar-refractivity contribution in [2.75, 3.05) is 7.11 Å². The summed E-state index contributed by atoms with van der Waals surface area (Å²) in [7, 11) is 1.54. The zero-order valence-corrected chi connectivity index (χ0v) is 16.3. The predicted octanol–water partition coefficient (Wildman–Crippen LogP) is 5.35. The van der Waals surface area contributed by atoms with Crippen LogP contribution in [0.25, 0.3) is 6.08 Å². The molecule has 128 valence electrons. The van der Waals surface area contributed by atoms with Crippen LogP contribution >= 0.6 is 39.3 Å². The average Bonchev–Trinajstić information content (AvgIpc) is 2.84. The van der Waals surface area contributed by atoms with E-state index >= 15 is 0 Å². The van der Waals surface area contributed by atoms with Crippen LogP contribution in [0.4, 0.5) is 4.79 Å². The molecule has 0 atom stereocenters. The Morgan fingerprint density at radius 1 is 1.24 bits per heavy atom. The van der Waals surface area contributed by atoms with E-state index in [0.29, 0.717) is 15.7 Å². The molecule has 25 heavy (non-hydrogen) atoms. The summed E-state index contributed by atoms with van der Waals surface area (Å²) in [4.78, 5) is 26.4. The van der Waals surface area contributed by atoms with E-state index < -0.39 is 0 Å². The van der Waals surface area contributed by atoms with Gasteiger partial charge in [0, 0.05) is 4.47 Å². The van der Waals surface area contributed by atoms with Crippen molar-refractivity contribution in [2.45, 2.75) is 6.54 Å². The monoisotopic (exact) mass is 437 g/mol. The standard InChI is InChI=1S/C18H13BrClNO3S/c1-24-15-7-6-11(8-14(15)20)9-16-17(22)21(18(23)25-16)10-12-4-2-3-5-13(12)19/h2-9H,10H2,1H3/b16-9-. The maximum Gasteiger partial charge on any atom is 0.293 e. The van der Waals surface area contributed by atoms with Gasteiger partial charge in [0.2, 0.25) is 0 Å². The molecule has 0 bridgehead atoms. The highest BCUT2D eigenvalue weighted by Gasteiger charge is 2.35. The molecule has 1 fully saturated rings. The van der Waals surface area contributed by atoms with E-state index in [0.717, 1.165) is 27.4 Å². The molecule has 1 heterocycles. The van der Waals surface area contributed by atoms with Crippen LogP contribution in [0.1, 0.15) is 11.1 Å². The minimum absolute atomic E-state index is 0.229. The molecule has 0 radical (unpaired) electrons. The van der Waals surface area contributed by atoms with E-state index in [1.54, 1.807) is 24.3 Å². The second kappa shape index (κ2) is 7.64. The fourth-order valence-corrected chi connectivity index (χ4v) is 3.87. The number of carbonyl (C=O) groups is 2. The Kier molecular flexibility index (Phi) is 5.51. The Hall–Kier alpha value is -1.76. The molecule has 0 spiro atoms. The van der Waals surface area contributed by atoms with Gasteiger partial charge in [-0.2, -0.15) is 0 Å². The number of benzene rings is 2. The second-order valence-corrected chi connectivity index (χ2v) is 7.51. The van der Waals surface area contributed by atoms with E-state index in [2.05, 4.69) is 15.9 Å². The fraction of sp³-hybridized carbons (Fsp3) is 0.111. The van der Waals surface area contributed by atoms with Crippen LogP contribution in [-0.2, 0) is 11.3 Å². The van der Waals surface area contributed by atoms with Gasteiger partial charge in [-0.25, -0.2) is 0 Å². The predicted molar refractivity (Wildman–Crippen MR) is 104 cm³/mol. The minimum Gasteiger partial charge on any atom is -0.495 e. The molecular weight excluding hydrogens is 426 g/mol. The van der Waals surface area contributed by atoms with Crippen molar-refractivity contribution in [3.05, 3.63) is 68.0 Å². The first-order valence-electron chi connectivity index (χ1n) is 7.32. The van der Waals surface area contributed by atoms with Gasteiger partial charge < -0.3 is 4.74 Å². The third-order valence-corrected chi connectivity index (χ3v) is 5.61. The van der Waals surface area contributed by atoms with E-state index in [9.17, 15) is 9.59 Å². The van der Waals surface area contributed by atoms with Crippen LogP contribution in [0.3, 0.4) is 0 Å². The minimum atomic E-state index is -0.308. The zero-order valence-electron chi connectivity index (χ0n) is 13.2. The summed E-state index contributed by atoms with van der Waals surface area (Å²) in [5, 5.41) is 0.162. The number of thioether (sulfide) groups is 1. The van der Waals surface area contributed by atoms with E-state index in [1.165, 1.54) is 12.0 Å². The van der Waals surface area contributed by atoms with Crippen molar-refractivity contribution in [1.29, 1.82) is 0 Å². The molecule has 0 aromatic heterocycles. The summed E-state index contributed by atoms with van der Waals surface area (Å²) >= 11 is 10.5. The number of rotatable bonds is 4. The SMILES string of the molecule is COc1ccc(/C=C2\SC(=O)N(Cc3ccccc3Br)C2=O)cc1Cl. The number of halogens is 2. The molecule has 1 saturated heterocycles. The highest BCUT2D eigenvalue weighted by Crippen LogP contribution is 2.35. The Labute approximate surface area is 162 Å². The van der Waals surface area contributed by atoms with Crippen LogP contribution in [0.2, 0.25) is 5.02 Å². The van der Waals surface area contributed by atoms with Crippen LogP contribution in [0, 0.1) is 0 Å². The second-order valence-electron chi connectivity index (χ2n) is 5.25. The van der Waals surface area contributed by atoms with Gasteiger partial charge in [-0.05, 0) is 47.2 Å². The van der Waals surface area contributed by atoms with Crippen molar-refractivity contribution >= 4 is 56.5 Å². The molecule has 4 nitrogen and oxygen atoms in total. The number of amides is 2. The first kappa shape index (κ1) is 18.0. The third-order valence-electron chi connectivity index (χ3n) is 3.63. The summed E-state index contributed by atoms with van der Waals surface area (Å²) in [6.07, 6.45) is 1.66. The molecule has 2 amide bonds. The van der Waals surface area contributed by atoms with Crippen LogP contribution < -0.4 is 4.74 Å². The fourth-order valence-electron chi connectivity index (χ4n) is 2.36. The number of methoxy groups -OCH3 is 1. The van der Waals surface area contributed by atoms with Crippen molar-refractivity contribution in [2.24, 2.45) is 0 Å². The van der Waals surface area contributed by atoms with Crippen LogP contribution in [0.15, 0.2) is 51.8 Å². The molecule has 1 aliphatic heterocycles. The number of hydrogen-bond acceptors (Lipinski definition) is 4. The van der Waals surface area contributed by atoms with Gasteiger partial charge >= 0.3 is 0 Å². The lowest BCUT2D eigenvalue weighted by atomic mass is 10.2. The maximum atomic E-state index is 12.6. The van der Waals surface area contributed by atoms with Gasteiger partial charge in [-0.15, -0.1) is 0 Å². The molecule has 0 aliphatic carbocycles. The topological polar surface area (TPSA) is 46.6 Å². The summed E-state index contributed by atoms with van der Waals surface area (Å²) < 4.78 is 5.97. The largest absolute Gasteiger partial charge is 0.495 e.